The Morgan fingerprint density at radius 3 is 2.67 bits per heavy atom. The predicted octanol–water partition coefficient (Wildman–Crippen LogP) is 1.65. The summed E-state index contributed by atoms with van der Waals surface area (Å²) in [5.74, 6) is 0. The van der Waals surface area contributed by atoms with Crippen molar-refractivity contribution in [3.63, 3.8) is 0 Å². The van der Waals surface area contributed by atoms with Gasteiger partial charge in [0.25, 0.3) is 0 Å². The van der Waals surface area contributed by atoms with Crippen molar-refractivity contribution in [2.75, 3.05) is 20.3 Å². The van der Waals surface area contributed by atoms with E-state index in [1.54, 1.807) is 0 Å². The standard InChI is InChI=1S/C10H13NO/c1-11-7-10(12-8-11)9-5-3-2-4-6-9/h2-6,10H,7-8H2,1H3/t10-/m0/s1. The third-order valence-electron chi connectivity index (χ3n) is 2.14. The minimum absolute atomic E-state index is 0.274. The van der Waals surface area contributed by atoms with Gasteiger partial charge in [0, 0.05) is 6.54 Å². The highest BCUT2D eigenvalue weighted by Gasteiger charge is 2.20. The van der Waals surface area contributed by atoms with Crippen LogP contribution in [0.2, 0.25) is 0 Å². The fourth-order valence-electron chi connectivity index (χ4n) is 1.48. The van der Waals surface area contributed by atoms with E-state index < -0.39 is 0 Å². The molecule has 0 aliphatic carbocycles. The molecule has 0 spiro atoms. The molecular formula is C10H13NO. The van der Waals surface area contributed by atoms with Gasteiger partial charge >= 0.3 is 0 Å². The van der Waals surface area contributed by atoms with Gasteiger partial charge in [-0.2, -0.15) is 0 Å². The average Bonchev–Trinajstić information content (AvgIpc) is 2.54. The number of rotatable bonds is 1. The van der Waals surface area contributed by atoms with Gasteiger partial charge in [-0.3, -0.25) is 4.90 Å². The molecule has 12 heavy (non-hydrogen) atoms. The molecule has 0 amide bonds. The Kier molecular flexibility index (Phi) is 2.11. The number of ether oxygens (including phenoxy) is 1. The molecule has 0 N–H and O–H groups in total. The van der Waals surface area contributed by atoms with Crippen LogP contribution >= 0.6 is 0 Å². The SMILES string of the molecule is CN1CO[C@H](c2ccccc2)C1. The third kappa shape index (κ3) is 1.49. The Balaban J connectivity index is 2.11. The largest absolute Gasteiger partial charge is 0.357 e. The highest BCUT2D eigenvalue weighted by Crippen LogP contribution is 2.22. The van der Waals surface area contributed by atoms with Crippen molar-refractivity contribution in [3.8, 4) is 0 Å². The van der Waals surface area contributed by atoms with Crippen molar-refractivity contribution in [3.05, 3.63) is 35.9 Å². The van der Waals surface area contributed by atoms with Gasteiger partial charge in [0.05, 0.1) is 12.8 Å². The molecule has 2 nitrogen and oxygen atoms in total. The summed E-state index contributed by atoms with van der Waals surface area (Å²) in [5.41, 5.74) is 1.28. The first-order valence-electron chi connectivity index (χ1n) is 4.21. The van der Waals surface area contributed by atoms with Crippen molar-refractivity contribution in [2.45, 2.75) is 6.10 Å². The number of likely N-dealkylation sites (N-methyl/N-ethyl adjacent to an activating group) is 1. The lowest BCUT2D eigenvalue weighted by Crippen LogP contribution is -2.13. The summed E-state index contributed by atoms with van der Waals surface area (Å²) in [4.78, 5) is 2.18. The van der Waals surface area contributed by atoms with Crippen molar-refractivity contribution >= 4 is 0 Å². The van der Waals surface area contributed by atoms with Gasteiger partial charge in [-0.1, -0.05) is 30.3 Å². The molecule has 0 unspecified atom stereocenters. The van der Waals surface area contributed by atoms with Gasteiger partial charge < -0.3 is 4.74 Å². The maximum absolute atomic E-state index is 5.58. The minimum Gasteiger partial charge on any atom is -0.357 e. The smallest absolute Gasteiger partial charge is 0.0997 e. The summed E-state index contributed by atoms with van der Waals surface area (Å²) in [7, 11) is 2.07. The normalized spacial score (nSPS) is 24.6. The van der Waals surface area contributed by atoms with E-state index in [1.807, 2.05) is 6.07 Å². The van der Waals surface area contributed by atoms with Gasteiger partial charge in [-0.15, -0.1) is 0 Å². The average molecular weight is 163 g/mol. The first-order chi connectivity index (χ1) is 5.86. The van der Waals surface area contributed by atoms with E-state index >= 15 is 0 Å². The fourth-order valence-corrected chi connectivity index (χ4v) is 1.48. The predicted molar refractivity (Wildman–Crippen MR) is 47.8 cm³/mol. The molecule has 64 valence electrons. The van der Waals surface area contributed by atoms with Gasteiger partial charge in [-0.25, -0.2) is 0 Å². The number of benzene rings is 1. The first kappa shape index (κ1) is 7.77. The van der Waals surface area contributed by atoms with E-state index in [1.165, 1.54) is 5.56 Å². The molecule has 1 aromatic carbocycles. The summed E-state index contributed by atoms with van der Waals surface area (Å²) >= 11 is 0. The molecule has 0 bridgehead atoms. The zero-order valence-electron chi connectivity index (χ0n) is 7.23. The second-order valence-corrected chi connectivity index (χ2v) is 3.23. The summed E-state index contributed by atoms with van der Waals surface area (Å²) in [6, 6.07) is 10.4. The second-order valence-electron chi connectivity index (χ2n) is 3.23. The topological polar surface area (TPSA) is 12.5 Å². The molecule has 0 saturated carbocycles. The Labute approximate surface area is 72.8 Å². The monoisotopic (exact) mass is 163 g/mol. The minimum atomic E-state index is 0.274. The summed E-state index contributed by atoms with van der Waals surface area (Å²) in [6.07, 6.45) is 0.274. The molecule has 2 rings (SSSR count). The van der Waals surface area contributed by atoms with E-state index in [0.29, 0.717) is 0 Å². The highest BCUT2D eigenvalue weighted by molar-refractivity contribution is 5.18. The van der Waals surface area contributed by atoms with Gasteiger partial charge in [-0.05, 0) is 12.6 Å². The van der Waals surface area contributed by atoms with E-state index in [9.17, 15) is 0 Å². The summed E-state index contributed by atoms with van der Waals surface area (Å²) in [6.45, 7) is 1.75. The molecular weight excluding hydrogens is 150 g/mol. The molecule has 0 aromatic heterocycles. The van der Waals surface area contributed by atoms with Crippen LogP contribution in [0.5, 0.6) is 0 Å². The Hall–Kier alpha value is -0.860. The van der Waals surface area contributed by atoms with Crippen LogP contribution in [0.3, 0.4) is 0 Å². The van der Waals surface area contributed by atoms with Crippen LogP contribution in [0.1, 0.15) is 11.7 Å². The first-order valence-corrected chi connectivity index (χ1v) is 4.21. The van der Waals surface area contributed by atoms with Crippen LogP contribution in [0, 0.1) is 0 Å². The number of nitrogens with zero attached hydrogens (tertiary/aromatic N) is 1. The molecule has 1 atom stereocenters. The zero-order valence-corrected chi connectivity index (χ0v) is 7.23. The van der Waals surface area contributed by atoms with Crippen LogP contribution in [0.4, 0.5) is 0 Å². The molecule has 1 heterocycles. The maximum Gasteiger partial charge on any atom is 0.0997 e. The number of hydrogen-bond donors (Lipinski definition) is 0. The molecule has 1 aromatic rings. The van der Waals surface area contributed by atoms with E-state index in [0.717, 1.165) is 13.3 Å². The van der Waals surface area contributed by atoms with E-state index in [-0.39, 0.29) is 6.10 Å². The van der Waals surface area contributed by atoms with Crippen molar-refractivity contribution < 1.29 is 4.74 Å². The lowest BCUT2D eigenvalue weighted by molar-refractivity contribution is 0.0956. The lowest BCUT2D eigenvalue weighted by Gasteiger charge is -2.07. The highest BCUT2D eigenvalue weighted by atomic mass is 16.5. The fraction of sp³-hybridized carbons (Fsp3) is 0.400. The summed E-state index contributed by atoms with van der Waals surface area (Å²) in [5, 5.41) is 0. The van der Waals surface area contributed by atoms with Crippen LogP contribution in [0.15, 0.2) is 30.3 Å². The Bertz CT molecular complexity index is 247. The Morgan fingerprint density at radius 1 is 1.33 bits per heavy atom. The molecule has 1 aliphatic heterocycles. The zero-order chi connectivity index (χ0) is 8.39. The maximum atomic E-state index is 5.58. The van der Waals surface area contributed by atoms with Crippen LogP contribution in [0.25, 0.3) is 0 Å². The summed E-state index contributed by atoms with van der Waals surface area (Å²) < 4.78 is 5.58. The van der Waals surface area contributed by atoms with E-state index in [2.05, 4.69) is 36.2 Å². The van der Waals surface area contributed by atoms with Crippen LogP contribution in [-0.4, -0.2) is 25.2 Å². The lowest BCUT2D eigenvalue weighted by atomic mass is 10.1. The van der Waals surface area contributed by atoms with Crippen molar-refractivity contribution in [2.24, 2.45) is 0 Å². The van der Waals surface area contributed by atoms with Crippen LogP contribution < -0.4 is 0 Å². The molecule has 1 saturated heterocycles. The van der Waals surface area contributed by atoms with Gasteiger partial charge in [0.2, 0.25) is 0 Å². The quantitative estimate of drug-likeness (QED) is 0.624. The second kappa shape index (κ2) is 3.25. The molecule has 0 radical (unpaired) electrons. The van der Waals surface area contributed by atoms with E-state index in [4.69, 9.17) is 4.74 Å². The van der Waals surface area contributed by atoms with Crippen molar-refractivity contribution in [1.82, 2.24) is 4.90 Å². The third-order valence-corrected chi connectivity index (χ3v) is 2.14. The molecule has 1 aliphatic rings. The number of hydrogen-bond acceptors (Lipinski definition) is 2. The Morgan fingerprint density at radius 2 is 2.08 bits per heavy atom. The van der Waals surface area contributed by atoms with Gasteiger partial charge in [0.15, 0.2) is 0 Å². The van der Waals surface area contributed by atoms with Gasteiger partial charge in [0.1, 0.15) is 0 Å². The van der Waals surface area contributed by atoms with Crippen LogP contribution in [-0.2, 0) is 4.74 Å². The van der Waals surface area contributed by atoms with Crippen molar-refractivity contribution in [1.29, 1.82) is 0 Å². The molecule has 2 heteroatoms. The molecule has 1 fully saturated rings.